The van der Waals surface area contributed by atoms with Crippen molar-refractivity contribution in [2.24, 2.45) is 5.73 Å². The number of hydrogen-bond acceptors (Lipinski definition) is 4. The van der Waals surface area contributed by atoms with Crippen LogP contribution in [0, 0.1) is 10.1 Å². The van der Waals surface area contributed by atoms with Gasteiger partial charge in [-0.05, 0) is 6.07 Å². The molecule has 0 saturated carbocycles. The fourth-order valence-electron chi connectivity index (χ4n) is 0.709. The van der Waals surface area contributed by atoms with Crippen LogP contribution in [0.5, 0.6) is 0 Å². The zero-order valence-electron chi connectivity index (χ0n) is 6.52. The molecular weight excluding hydrogens is 176 g/mol. The highest BCUT2D eigenvalue weighted by Crippen LogP contribution is 2.20. The normalized spacial score (nSPS) is 9.54. The minimum Gasteiger partial charge on any atom is -0.400 e. The van der Waals surface area contributed by atoms with Crippen LogP contribution in [0.25, 0.3) is 5.57 Å². The van der Waals surface area contributed by atoms with Crippen molar-refractivity contribution < 1.29 is 14.1 Å². The summed E-state index contributed by atoms with van der Waals surface area (Å²) in [5.41, 5.74) is 4.80. The number of hydrogen-bond donors (Lipinski definition) is 1. The van der Waals surface area contributed by atoms with Crippen LogP contribution < -0.4 is 5.73 Å². The Morgan fingerprint density at radius 1 is 1.62 bits per heavy atom. The molecule has 13 heavy (non-hydrogen) atoms. The van der Waals surface area contributed by atoms with E-state index < -0.39 is 16.7 Å². The van der Waals surface area contributed by atoms with Crippen molar-refractivity contribution in [3.8, 4) is 0 Å². The quantitative estimate of drug-likeness (QED) is 0.422. The fourth-order valence-corrected chi connectivity index (χ4v) is 0.709. The molecule has 0 radical (unpaired) electrons. The molecule has 0 bridgehead atoms. The van der Waals surface area contributed by atoms with Crippen molar-refractivity contribution in [2.45, 2.75) is 0 Å². The molecule has 1 aromatic rings. The molecule has 0 aliphatic rings. The molecule has 0 atom stereocenters. The highest BCUT2D eigenvalue weighted by atomic mass is 16.6. The topological polar surface area (TPSA) is 99.4 Å². The zero-order chi connectivity index (χ0) is 10.0. The molecule has 0 aromatic carbocycles. The van der Waals surface area contributed by atoms with Crippen molar-refractivity contribution in [3.63, 3.8) is 0 Å². The average Bonchev–Trinajstić information content (AvgIpc) is 2.50. The summed E-state index contributed by atoms with van der Waals surface area (Å²) < 4.78 is 4.67. The summed E-state index contributed by atoms with van der Waals surface area (Å²) in [5.74, 6) is -1.21. The highest BCUT2D eigenvalue weighted by Gasteiger charge is 2.15. The summed E-state index contributed by atoms with van der Waals surface area (Å²) in [6.07, 6.45) is 0. The maximum Gasteiger partial charge on any atom is 0.433 e. The molecule has 0 spiro atoms. The Hall–Kier alpha value is -2.11. The first-order chi connectivity index (χ1) is 6.02. The number of carbonyl (C=O) groups is 1. The molecule has 6 heteroatoms. The number of amides is 1. The van der Waals surface area contributed by atoms with Gasteiger partial charge >= 0.3 is 5.88 Å². The van der Waals surface area contributed by atoms with Crippen LogP contribution in [0.2, 0.25) is 0 Å². The maximum atomic E-state index is 10.6. The van der Waals surface area contributed by atoms with E-state index in [1.807, 2.05) is 0 Å². The van der Waals surface area contributed by atoms with Gasteiger partial charge in [0.25, 0.3) is 5.91 Å². The van der Waals surface area contributed by atoms with Crippen LogP contribution in [0.15, 0.2) is 23.1 Å². The maximum absolute atomic E-state index is 10.6. The molecule has 1 heterocycles. The van der Waals surface area contributed by atoms with Gasteiger partial charge in [0.05, 0.1) is 11.6 Å². The summed E-state index contributed by atoms with van der Waals surface area (Å²) in [7, 11) is 0. The first-order valence-electron chi connectivity index (χ1n) is 3.25. The fraction of sp³-hybridized carbons (Fsp3) is 0. The molecular formula is C7H6N2O4. The highest BCUT2D eigenvalue weighted by molar-refractivity contribution is 6.16. The minimum absolute atomic E-state index is 0.0131. The van der Waals surface area contributed by atoms with Gasteiger partial charge < -0.3 is 10.2 Å². The third kappa shape index (κ3) is 1.73. The van der Waals surface area contributed by atoms with E-state index in [0.717, 1.165) is 6.07 Å². The van der Waals surface area contributed by atoms with Gasteiger partial charge in [0.1, 0.15) is 10.7 Å². The second-order valence-electron chi connectivity index (χ2n) is 2.24. The average molecular weight is 182 g/mol. The first-order valence-corrected chi connectivity index (χ1v) is 3.25. The van der Waals surface area contributed by atoms with Crippen LogP contribution in [0.1, 0.15) is 5.76 Å². The number of furan rings is 1. The van der Waals surface area contributed by atoms with Crippen molar-refractivity contribution in [1.29, 1.82) is 0 Å². The predicted octanol–water partition coefficient (Wildman–Crippen LogP) is 0.686. The van der Waals surface area contributed by atoms with Gasteiger partial charge in [0.2, 0.25) is 0 Å². The number of nitrogens with two attached hydrogens (primary N) is 1. The van der Waals surface area contributed by atoms with Gasteiger partial charge in [0.15, 0.2) is 0 Å². The molecule has 0 fully saturated rings. The number of primary amides is 1. The van der Waals surface area contributed by atoms with Gasteiger partial charge in [0, 0.05) is 0 Å². The van der Waals surface area contributed by atoms with E-state index >= 15 is 0 Å². The summed E-state index contributed by atoms with van der Waals surface area (Å²) in [4.78, 5) is 20.0. The third-order valence-corrected chi connectivity index (χ3v) is 1.37. The second kappa shape index (κ2) is 3.10. The van der Waals surface area contributed by atoms with E-state index in [2.05, 4.69) is 11.0 Å². The Labute approximate surface area is 72.8 Å². The van der Waals surface area contributed by atoms with E-state index in [0.29, 0.717) is 0 Å². The lowest BCUT2D eigenvalue weighted by Crippen LogP contribution is -2.11. The third-order valence-electron chi connectivity index (χ3n) is 1.37. The lowest BCUT2D eigenvalue weighted by molar-refractivity contribution is -0.402. The molecule has 0 saturated heterocycles. The Balaban J connectivity index is 2.99. The van der Waals surface area contributed by atoms with Gasteiger partial charge in [-0.15, -0.1) is 0 Å². The molecule has 1 rings (SSSR count). The molecule has 0 unspecified atom stereocenters. The van der Waals surface area contributed by atoms with E-state index in [9.17, 15) is 14.9 Å². The van der Waals surface area contributed by atoms with Gasteiger partial charge in [-0.2, -0.15) is 0 Å². The van der Waals surface area contributed by atoms with Crippen LogP contribution in [0.4, 0.5) is 5.88 Å². The first kappa shape index (κ1) is 8.98. The molecule has 68 valence electrons. The lowest BCUT2D eigenvalue weighted by atomic mass is 10.2. The van der Waals surface area contributed by atoms with Crippen LogP contribution in [-0.4, -0.2) is 10.8 Å². The Bertz CT molecular complexity index is 380. The molecule has 2 N–H and O–H groups in total. The second-order valence-corrected chi connectivity index (χ2v) is 2.24. The molecule has 0 aliphatic carbocycles. The van der Waals surface area contributed by atoms with E-state index in [1.54, 1.807) is 0 Å². The SMILES string of the molecule is C=C(C(N)=O)c1ccc([N+](=O)[O-])o1. The Morgan fingerprint density at radius 2 is 2.23 bits per heavy atom. The molecule has 0 aliphatic heterocycles. The number of nitrogens with zero attached hydrogens (tertiary/aromatic N) is 1. The summed E-state index contributed by atoms with van der Waals surface area (Å²) >= 11 is 0. The van der Waals surface area contributed by atoms with Crippen LogP contribution >= 0.6 is 0 Å². The monoisotopic (exact) mass is 182 g/mol. The number of carbonyl (C=O) groups excluding carboxylic acids is 1. The smallest absolute Gasteiger partial charge is 0.400 e. The summed E-state index contributed by atoms with van der Waals surface area (Å²) in [6, 6.07) is 2.40. The van der Waals surface area contributed by atoms with E-state index in [-0.39, 0.29) is 11.3 Å². The van der Waals surface area contributed by atoms with Gasteiger partial charge in [-0.1, -0.05) is 6.58 Å². The van der Waals surface area contributed by atoms with Crippen molar-refractivity contribution in [3.05, 3.63) is 34.6 Å². The molecule has 6 nitrogen and oxygen atoms in total. The lowest BCUT2D eigenvalue weighted by Gasteiger charge is -1.92. The molecule has 1 amide bonds. The van der Waals surface area contributed by atoms with Crippen LogP contribution in [-0.2, 0) is 4.79 Å². The van der Waals surface area contributed by atoms with E-state index in [4.69, 9.17) is 5.73 Å². The molecule has 1 aromatic heterocycles. The van der Waals surface area contributed by atoms with Crippen molar-refractivity contribution in [1.82, 2.24) is 0 Å². The largest absolute Gasteiger partial charge is 0.433 e. The Morgan fingerprint density at radius 3 is 2.62 bits per heavy atom. The summed E-state index contributed by atoms with van der Waals surface area (Å²) in [5, 5.41) is 10.2. The number of nitro groups is 1. The van der Waals surface area contributed by atoms with Gasteiger partial charge in [-0.25, -0.2) is 0 Å². The van der Waals surface area contributed by atoms with Crippen LogP contribution in [0.3, 0.4) is 0 Å². The Kier molecular flexibility index (Phi) is 2.14. The number of rotatable bonds is 3. The zero-order valence-corrected chi connectivity index (χ0v) is 6.52. The van der Waals surface area contributed by atoms with Crippen molar-refractivity contribution >= 4 is 17.4 Å². The van der Waals surface area contributed by atoms with Gasteiger partial charge in [-0.3, -0.25) is 14.9 Å². The summed E-state index contributed by atoms with van der Waals surface area (Å²) in [6.45, 7) is 3.31. The van der Waals surface area contributed by atoms with Crippen molar-refractivity contribution in [2.75, 3.05) is 0 Å². The predicted molar refractivity (Wildman–Crippen MR) is 43.6 cm³/mol. The van der Waals surface area contributed by atoms with E-state index in [1.165, 1.54) is 6.07 Å². The minimum atomic E-state index is -0.774. The standard InChI is InChI=1S/C7H6N2O4/c1-4(7(8)10)5-2-3-6(13-5)9(11)12/h2-3H,1H2,(H2,8,10).